The highest BCUT2D eigenvalue weighted by Gasteiger charge is 2.26. The molecule has 0 aliphatic heterocycles. The van der Waals surface area contributed by atoms with Gasteiger partial charge in [-0.2, -0.15) is 0 Å². The minimum Gasteiger partial charge on any atom is -0.389 e. The molecule has 3 nitrogen and oxygen atoms in total. The van der Waals surface area contributed by atoms with E-state index in [9.17, 15) is 0 Å². The van der Waals surface area contributed by atoms with Crippen LogP contribution >= 0.6 is 12.2 Å². The van der Waals surface area contributed by atoms with Crippen LogP contribution in [0.4, 0.5) is 5.82 Å². The van der Waals surface area contributed by atoms with Gasteiger partial charge >= 0.3 is 0 Å². The van der Waals surface area contributed by atoms with Crippen LogP contribution in [0.25, 0.3) is 0 Å². The van der Waals surface area contributed by atoms with Gasteiger partial charge in [-0.05, 0) is 49.7 Å². The molecule has 1 aromatic rings. The van der Waals surface area contributed by atoms with E-state index in [1.54, 1.807) is 0 Å². The van der Waals surface area contributed by atoms with Crippen LogP contribution in [-0.4, -0.2) is 23.1 Å². The van der Waals surface area contributed by atoms with Crippen LogP contribution < -0.4 is 10.6 Å². The molecule has 2 aliphatic rings. The van der Waals surface area contributed by atoms with Gasteiger partial charge in [0.1, 0.15) is 10.8 Å². The van der Waals surface area contributed by atoms with Gasteiger partial charge in [0, 0.05) is 18.8 Å². The molecule has 0 aromatic carbocycles. The molecule has 21 heavy (non-hydrogen) atoms. The predicted octanol–water partition coefficient (Wildman–Crippen LogP) is 3.22. The van der Waals surface area contributed by atoms with Crippen LogP contribution in [0.15, 0.2) is 6.07 Å². The van der Waals surface area contributed by atoms with E-state index < -0.39 is 0 Å². The van der Waals surface area contributed by atoms with Crippen molar-refractivity contribution in [1.82, 2.24) is 4.98 Å². The van der Waals surface area contributed by atoms with Crippen LogP contribution in [-0.2, 0) is 12.8 Å². The molecular weight excluding hydrogens is 278 g/mol. The fraction of sp³-hybridized carbons (Fsp3) is 0.647. The van der Waals surface area contributed by atoms with Gasteiger partial charge in [0.15, 0.2) is 0 Å². The zero-order valence-corrected chi connectivity index (χ0v) is 13.9. The maximum absolute atomic E-state index is 5.97. The van der Waals surface area contributed by atoms with E-state index in [0.29, 0.717) is 11.0 Å². The smallest absolute Gasteiger partial charge is 0.139 e. The van der Waals surface area contributed by atoms with Gasteiger partial charge in [-0.3, -0.25) is 0 Å². The van der Waals surface area contributed by atoms with E-state index in [1.165, 1.54) is 43.4 Å². The molecular formula is C17H25N3S. The number of aryl methyl sites for hydroxylation is 2. The number of fused-ring (bicyclic) bond motifs is 1. The Morgan fingerprint density at radius 2 is 2.14 bits per heavy atom. The van der Waals surface area contributed by atoms with Gasteiger partial charge in [0.2, 0.25) is 0 Å². The molecule has 3 rings (SSSR count). The molecule has 1 saturated carbocycles. The fourth-order valence-electron chi connectivity index (χ4n) is 3.84. The fourth-order valence-corrected chi connectivity index (χ4v) is 3.99. The Bertz CT molecular complexity index is 555. The van der Waals surface area contributed by atoms with Gasteiger partial charge in [-0.25, -0.2) is 4.98 Å². The lowest BCUT2D eigenvalue weighted by Gasteiger charge is -2.36. The van der Waals surface area contributed by atoms with E-state index in [2.05, 4.69) is 24.9 Å². The van der Waals surface area contributed by atoms with Crippen molar-refractivity contribution in [3.8, 4) is 0 Å². The average Bonchev–Trinajstić information content (AvgIpc) is 2.92. The summed E-state index contributed by atoms with van der Waals surface area (Å²) in [5.41, 5.74) is 9.52. The quantitative estimate of drug-likeness (QED) is 0.871. The largest absolute Gasteiger partial charge is 0.389 e. The highest BCUT2D eigenvalue weighted by molar-refractivity contribution is 7.80. The number of nitrogens with zero attached hydrogens (tertiary/aromatic N) is 2. The average molecular weight is 303 g/mol. The predicted molar refractivity (Wildman–Crippen MR) is 92.0 cm³/mol. The molecule has 1 heterocycles. The van der Waals surface area contributed by atoms with Crippen molar-refractivity contribution in [1.29, 1.82) is 0 Å². The van der Waals surface area contributed by atoms with Crippen LogP contribution in [0, 0.1) is 5.92 Å². The maximum atomic E-state index is 5.97. The van der Waals surface area contributed by atoms with Crippen molar-refractivity contribution in [3.05, 3.63) is 22.9 Å². The second-order valence-corrected chi connectivity index (χ2v) is 7.16. The summed E-state index contributed by atoms with van der Waals surface area (Å²) in [5.74, 6) is 1.80. The molecule has 0 bridgehead atoms. The summed E-state index contributed by atoms with van der Waals surface area (Å²) in [6, 6.07) is 2.75. The van der Waals surface area contributed by atoms with Crippen molar-refractivity contribution in [2.24, 2.45) is 11.7 Å². The monoisotopic (exact) mass is 303 g/mol. The summed E-state index contributed by atoms with van der Waals surface area (Å²) in [7, 11) is 2.16. The first-order valence-corrected chi connectivity index (χ1v) is 8.52. The van der Waals surface area contributed by atoms with Crippen molar-refractivity contribution in [2.75, 3.05) is 11.9 Å². The van der Waals surface area contributed by atoms with E-state index in [0.717, 1.165) is 30.1 Å². The summed E-state index contributed by atoms with van der Waals surface area (Å²) in [6.45, 7) is 2.35. The first kappa shape index (κ1) is 14.8. The first-order chi connectivity index (χ1) is 10.1. The zero-order valence-electron chi connectivity index (χ0n) is 13.1. The van der Waals surface area contributed by atoms with Gasteiger partial charge in [0.05, 0.1) is 5.56 Å². The second kappa shape index (κ2) is 5.91. The summed E-state index contributed by atoms with van der Waals surface area (Å²) < 4.78 is 0. The van der Waals surface area contributed by atoms with Gasteiger partial charge in [-0.1, -0.05) is 32.0 Å². The molecule has 2 aliphatic carbocycles. The summed E-state index contributed by atoms with van der Waals surface area (Å²) in [5, 5.41) is 0. The van der Waals surface area contributed by atoms with Crippen molar-refractivity contribution < 1.29 is 0 Å². The third kappa shape index (κ3) is 2.91. The maximum Gasteiger partial charge on any atom is 0.139 e. The lowest BCUT2D eigenvalue weighted by molar-refractivity contribution is 0.335. The molecule has 2 N–H and O–H groups in total. The van der Waals surface area contributed by atoms with Gasteiger partial charge in [0.25, 0.3) is 0 Å². The Morgan fingerprint density at radius 3 is 2.86 bits per heavy atom. The van der Waals surface area contributed by atoms with Crippen molar-refractivity contribution >= 4 is 23.0 Å². The minimum absolute atomic E-state index is 0.475. The molecule has 1 fully saturated rings. The highest BCUT2D eigenvalue weighted by Crippen LogP contribution is 2.32. The zero-order chi connectivity index (χ0) is 15.0. The lowest BCUT2D eigenvalue weighted by Crippen LogP contribution is -2.37. The Balaban J connectivity index is 1.94. The molecule has 0 spiro atoms. The van der Waals surface area contributed by atoms with E-state index in [1.807, 2.05) is 0 Å². The normalized spacial score (nSPS) is 24.7. The van der Waals surface area contributed by atoms with E-state index in [-0.39, 0.29) is 0 Å². The van der Waals surface area contributed by atoms with Crippen LogP contribution in [0.5, 0.6) is 0 Å². The number of anilines is 1. The van der Waals surface area contributed by atoms with Crippen molar-refractivity contribution in [2.45, 2.75) is 57.9 Å². The molecule has 0 radical (unpaired) electrons. The number of thiocarbonyl (C=S) groups is 1. The molecule has 2 atom stereocenters. The van der Waals surface area contributed by atoms with Crippen LogP contribution in [0.3, 0.4) is 0 Å². The molecule has 0 amide bonds. The summed E-state index contributed by atoms with van der Waals surface area (Å²) in [6.07, 6.45) is 8.56. The number of rotatable bonds is 3. The Labute approximate surface area is 132 Å². The number of hydrogen-bond donors (Lipinski definition) is 1. The summed E-state index contributed by atoms with van der Waals surface area (Å²) in [4.78, 5) is 7.74. The minimum atomic E-state index is 0.475. The highest BCUT2D eigenvalue weighted by atomic mass is 32.1. The third-order valence-corrected chi connectivity index (χ3v) is 5.31. The Morgan fingerprint density at radius 1 is 1.33 bits per heavy atom. The first-order valence-electron chi connectivity index (χ1n) is 8.11. The number of aromatic nitrogens is 1. The number of nitrogens with two attached hydrogens (primary N) is 1. The Kier molecular flexibility index (Phi) is 4.16. The van der Waals surface area contributed by atoms with Crippen LogP contribution in [0.2, 0.25) is 0 Å². The van der Waals surface area contributed by atoms with E-state index >= 15 is 0 Å². The molecule has 0 saturated heterocycles. The van der Waals surface area contributed by atoms with Gasteiger partial charge in [-0.15, -0.1) is 0 Å². The number of hydrogen-bond acceptors (Lipinski definition) is 3. The summed E-state index contributed by atoms with van der Waals surface area (Å²) >= 11 is 5.28. The lowest BCUT2D eigenvalue weighted by atomic mass is 9.86. The SMILES string of the molecule is CC1CCCC(N(C)c2nc3c(cc2C(N)=S)CCC3)C1. The topological polar surface area (TPSA) is 42.2 Å². The standard InChI is InChI=1S/C17H25N3S/c1-11-5-3-7-13(9-11)20(2)17-14(16(18)21)10-12-6-4-8-15(12)19-17/h10-11,13H,3-9H2,1-2H3,(H2,18,21). The number of pyridine rings is 1. The third-order valence-electron chi connectivity index (χ3n) is 5.09. The van der Waals surface area contributed by atoms with E-state index in [4.69, 9.17) is 22.9 Å². The van der Waals surface area contributed by atoms with Crippen LogP contribution in [0.1, 0.15) is 55.8 Å². The van der Waals surface area contributed by atoms with Gasteiger partial charge < -0.3 is 10.6 Å². The Hall–Kier alpha value is -1.16. The molecule has 2 unspecified atom stereocenters. The molecule has 114 valence electrons. The van der Waals surface area contributed by atoms with Crippen molar-refractivity contribution in [3.63, 3.8) is 0 Å². The second-order valence-electron chi connectivity index (χ2n) is 6.72. The molecule has 4 heteroatoms. The molecule has 1 aromatic heterocycles.